The molecule has 1 aliphatic rings. The first-order valence-corrected chi connectivity index (χ1v) is 14.6. The van der Waals surface area contributed by atoms with Gasteiger partial charge in [-0.1, -0.05) is 6.07 Å². The summed E-state index contributed by atoms with van der Waals surface area (Å²) in [5, 5.41) is 25.1. The van der Waals surface area contributed by atoms with Crippen molar-refractivity contribution in [2.45, 2.75) is 63.6 Å². The molecule has 2 aromatic carbocycles. The molecule has 3 rings (SSSR count). The van der Waals surface area contributed by atoms with E-state index >= 15 is 0 Å². The van der Waals surface area contributed by atoms with Gasteiger partial charge in [0.25, 0.3) is 5.69 Å². The molecule has 0 radical (unpaired) electrons. The lowest BCUT2D eigenvalue weighted by molar-refractivity contribution is -0.383. The number of nitro groups is 1. The maximum atomic E-state index is 13.1. The number of rotatable bonds is 10. The lowest BCUT2D eigenvalue weighted by atomic mass is 9.94. The zero-order valence-corrected chi connectivity index (χ0v) is 23.4. The number of nitrogens with zero attached hydrogens (tertiary/aromatic N) is 1. The molecule has 0 aromatic heterocycles. The van der Waals surface area contributed by atoms with Gasteiger partial charge >= 0.3 is 7.82 Å². The van der Waals surface area contributed by atoms with Crippen LogP contribution in [-0.4, -0.2) is 56.0 Å². The summed E-state index contributed by atoms with van der Waals surface area (Å²) >= 11 is 0. The van der Waals surface area contributed by atoms with E-state index in [0.717, 1.165) is 0 Å². The largest absolute Gasteiger partial charge is 0.475 e. The van der Waals surface area contributed by atoms with E-state index in [0.29, 0.717) is 23.2 Å². The molecular weight excluding hydrogens is 525 g/mol. The molecule has 0 saturated heterocycles. The number of phosphoric ester groups is 1. The summed E-state index contributed by atoms with van der Waals surface area (Å²) in [6.07, 6.45) is 0. The first-order valence-electron chi connectivity index (χ1n) is 11.7. The highest BCUT2D eigenvalue weighted by molar-refractivity contribution is 7.89. The minimum absolute atomic E-state index is 0.145. The second-order valence-electron chi connectivity index (χ2n) is 10.7. The Balaban J connectivity index is 1.82. The van der Waals surface area contributed by atoms with Gasteiger partial charge in [-0.05, 0) is 64.6 Å². The molecule has 2 aromatic rings. The van der Waals surface area contributed by atoms with Gasteiger partial charge in [0.05, 0.1) is 39.6 Å². The predicted octanol–water partition coefficient (Wildman–Crippen LogP) is 4.28. The van der Waals surface area contributed by atoms with Crippen LogP contribution < -0.4 is 10.0 Å². The number of anilines is 1. The zero-order chi connectivity index (χ0) is 27.8. The summed E-state index contributed by atoms with van der Waals surface area (Å²) in [6, 6.07) is 5.44. The topological polar surface area (TPSA) is 166 Å². The Kier molecular flexibility index (Phi) is 8.41. The normalized spacial score (nSPS) is 16.6. The van der Waals surface area contributed by atoms with Gasteiger partial charge in [0.15, 0.2) is 0 Å². The van der Waals surface area contributed by atoms with Gasteiger partial charge in [-0.15, -0.1) is 0 Å². The smallest absolute Gasteiger partial charge is 0.396 e. The fraction of sp³-hybridized carbons (Fsp3) is 0.565. The van der Waals surface area contributed by atoms with Gasteiger partial charge in [-0.3, -0.25) is 23.7 Å². The summed E-state index contributed by atoms with van der Waals surface area (Å²) in [7, 11) is -8.12. The Bertz CT molecular complexity index is 1310. The van der Waals surface area contributed by atoms with Gasteiger partial charge in [0, 0.05) is 30.8 Å². The number of aliphatic hydroxyl groups excluding tert-OH is 1. The molecule has 0 fully saturated rings. The summed E-state index contributed by atoms with van der Waals surface area (Å²) in [5.74, 6) is -0.266. The lowest BCUT2D eigenvalue weighted by Crippen LogP contribution is -2.29. The zero-order valence-electron chi connectivity index (χ0n) is 21.7. The van der Waals surface area contributed by atoms with Gasteiger partial charge in [0.1, 0.15) is 0 Å². The highest BCUT2D eigenvalue weighted by Gasteiger charge is 2.37. The summed E-state index contributed by atoms with van der Waals surface area (Å²) in [6.45, 7) is 9.81. The molecule has 1 heterocycles. The van der Waals surface area contributed by atoms with Gasteiger partial charge in [-0.2, -0.15) is 0 Å². The van der Waals surface area contributed by atoms with Gasteiger partial charge in [-0.25, -0.2) is 17.7 Å². The highest BCUT2D eigenvalue weighted by Crippen LogP contribution is 2.55. The molecule has 0 saturated carbocycles. The number of benzene rings is 2. The molecule has 1 aliphatic heterocycles. The SMILES string of the molecule is CC(C)(C)OP(=O)(OCCNS(=O)(=O)c1ccc2c3c(cc([N+](=O)[O-])c2c1)NCC3CO)OC(C)(C)C. The minimum atomic E-state index is -4.10. The molecule has 12 nitrogen and oxygen atoms in total. The third-order valence-corrected chi connectivity index (χ3v) is 8.72. The van der Waals surface area contributed by atoms with E-state index in [4.69, 9.17) is 13.6 Å². The summed E-state index contributed by atoms with van der Waals surface area (Å²) in [5.41, 5.74) is -0.680. The van der Waals surface area contributed by atoms with Crippen molar-refractivity contribution in [3.63, 3.8) is 0 Å². The average molecular weight is 560 g/mol. The Morgan fingerprint density at radius 1 is 1.14 bits per heavy atom. The van der Waals surface area contributed by atoms with Crippen LogP contribution in [0, 0.1) is 10.1 Å². The Hall–Kier alpha value is -2.12. The van der Waals surface area contributed by atoms with Crippen LogP contribution in [0.5, 0.6) is 0 Å². The van der Waals surface area contributed by atoms with E-state index < -0.39 is 34.0 Å². The third kappa shape index (κ3) is 7.26. The third-order valence-electron chi connectivity index (χ3n) is 5.22. The van der Waals surface area contributed by atoms with Crippen LogP contribution in [0.25, 0.3) is 10.8 Å². The second-order valence-corrected chi connectivity index (χ2v) is 14.0. The number of phosphoric acid groups is 1. The number of hydrogen-bond acceptors (Lipinski definition) is 10. The van der Waals surface area contributed by atoms with E-state index in [-0.39, 0.29) is 41.6 Å². The molecule has 0 amide bonds. The van der Waals surface area contributed by atoms with Crippen LogP contribution in [0.3, 0.4) is 0 Å². The number of non-ortho nitro benzene ring substituents is 1. The Morgan fingerprint density at radius 3 is 2.30 bits per heavy atom. The van der Waals surface area contributed by atoms with E-state index in [1.807, 2.05) is 0 Å². The second kappa shape index (κ2) is 10.6. The van der Waals surface area contributed by atoms with E-state index in [2.05, 4.69) is 10.0 Å². The van der Waals surface area contributed by atoms with Crippen molar-refractivity contribution in [3.05, 3.63) is 39.9 Å². The van der Waals surface area contributed by atoms with Crippen molar-refractivity contribution in [2.24, 2.45) is 0 Å². The van der Waals surface area contributed by atoms with Crippen molar-refractivity contribution < 1.29 is 36.6 Å². The summed E-state index contributed by atoms with van der Waals surface area (Å²) < 4.78 is 57.8. The number of fused-ring (bicyclic) bond motifs is 3. The maximum absolute atomic E-state index is 13.1. The molecule has 1 atom stereocenters. The highest BCUT2D eigenvalue weighted by atomic mass is 32.2. The van der Waals surface area contributed by atoms with Crippen LogP contribution in [0.4, 0.5) is 11.4 Å². The minimum Gasteiger partial charge on any atom is -0.396 e. The van der Waals surface area contributed by atoms with Crippen LogP contribution >= 0.6 is 7.82 Å². The van der Waals surface area contributed by atoms with E-state index in [1.165, 1.54) is 24.3 Å². The molecular formula is C23H34N3O9PS. The maximum Gasteiger partial charge on any atom is 0.475 e. The Morgan fingerprint density at radius 2 is 1.76 bits per heavy atom. The molecule has 37 heavy (non-hydrogen) atoms. The summed E-state index contributed by atoms with van der Waals surface area (Å²) in [4.78, 5) is 11.0. The molecule has 0 spiro atoms. The average Bonchev–Trinajstić information content (AvgIpc) is 3.16. The van der Waals surface area contributed by atoms with Crippen LogP contribution in [-0.2, 0) is 28.2 Å². The molecule has 3 N–H and O–H groups in total. The molecule has 0 aliphatic carbocycles. The first-order chi connectivity index (χ1) is 16.9. The lowest BCUT2D eigenvalue weighted by Gasteiger charge is -2.30. The quantitative estimate of drug-likeness (QED) is 0.165. The predicted molar refractivity (Wildman–Crippen MR) is 139 cm³/mol. The molecule has 14 heteroatoms. The van der Waals surface area contributed by atoms with Gasteiger partial charge in [0.2, 0.25) is 10.0 Å². The number of hydrogen-bond donors (Lipinski definition) is 3. The van der Waals surface area contributed by atoms with E-state index in [1.54, 1.807) is 41.5 Å². The van der Waals surface area contributed by atoms with E-state index in [9.17, 15) is 28.2 Å². The van der Waals surface area contributed by atoms with Crippen molar-refractivity contribution >= 4 is 40.0 Å². The number of aliphatic hydroxyl groups is 1. The van der Waals surface area contributed by atoms with Crippen LogP contribution in [0.2, 0.25) is 0 Å². The standard InChI is InChI=1S/C23H34N3O9PS/c1-22(2,3)34-36(30,35-23(4,5)6)33-10-9-25-37(31,32)16-7-8-17-18(11-16)20(26(28)29)12-19-21(17)15(14-27)13-24-19/h7-8,11-12,15,24-25,27H,9-10,13-14H2,1-6H3. The molecule has 1 unspecified atom stereocenters. The Labute approximate surface area is 216 Å². The van der Waals surface area contributed by atoms with Gasteiger partial charge < -0.3 is 10.4 Å². The van der Waals surface area contributed by atoms with Crippen molar-refractivity contribution in [2.75, 3.05) is 31.6 Å². The first kappa shape index (κ1) is 29.4. The molecule has 0 bridgehead atoms. The van der Waals surface area contributed by atoms with Crippen molar-refractivity contribution in [1.82, 2.24) is 4.72 Å². The number of nitrogens with one attached hydrogen (secondary N) is 2. The van der Waals surface area contributed by atoms with Crippen molar-refractivity contribution in [1.29, 1.82) is 0 Å². The van der Waals surface area contributed by atoms with Crippen LogP contribution in [0.1, 0.15) is 53.0 Å². The number of nitro benzene ring substituents is 1. The van der Waals surface area contributed by atoms with Crippen LogP contribution in [0.15, 0.2) is 29.2 Å². The fourth-order valence-electron chi connectivity index (χ4n) is 3.96. The molecule has 206 valence electrons. The monoisotopic (exact) mass is 559 g/mol. The van der Waals surface area contributed by atoms with Crippen molar-refractivity contribution in [3.8, 4) is 0 Å². The fourth-order valence-corrected chi connectivity index (χ4v) is 6.80. The number of sulfonamides is 1.